The second-order valence-corrected chi connectivity index (χ2v) is 8.49. The van der Waals surface area contributed by atoms with Gasteiger partial charge in [0.1, 0.15) is 6.54 Å². The van der Waals surface area contributed by atoms with Gasteiger partial charge in [-0.3, -0.25) is 9.59 Å². The van der Waals surface area contributed by atoms with Crippen molar-refractivity contribution in [3.63, 3.8) is 0 Å². The van der Waals surface area contributed by atoms with Crippen molar-refractivity contribution >= 4 is 34.5 Å². The van der Waals surface area contributed by atoms with Crippen molar-refractivity contribution in [2.45, 2.75) is 19.6 Å². The van der Waals surface area contributed by atoms with Gasteiger partial charge in [-0.05, 0) is 48.9 Å². The van der Waals surface area contributed by atoms with E-state index in [1.807, 2.05) is 41.0 Å². The minimum Gasteiger partial charge on any atom is -0.454 e. The average molecular weight is 492 g/mol. The molecule has 1 aliphatic heterocycles. The molecule has 35 heavy (non-hydrogen) atoms. The number of esters is 1. The second-order valence-electron chi connectivity index (χ2n) is 8.06. The number of hydrogen-bond donors (Lipinski definition) is 1. The molecule has 0 fully saturated rings. The largest absolute Gasteiger partial charge is 0.454 e. The summed E-state index contributed by atoms with van der Waals surface area (Å²) in [5.74, 6) is 0.657. The quantitative estimate of drug-likeness (QED) is 0.383. The molecule has 0 spiro atoms. The highest BCUT2D eigenvalue weighted by Crippen LogP contribution is 2.32. The molecule has 9 heteroatoms. The molecule has 1 aromatic heterocycles. The highest BCUT2D eigenvalue weighted by Gasteiger charge is 2.22. The van der Waals surface area contributed by atoms with Gasteiger partial charge >= 0.3 is 5.97 Å². The lowest BCUT2D eigenvalue weighted by molar-refractivity contribution is -0.147. The predicted octanol–water partition coefficient (Wildman–Crippen LogP) is 4.50. The molecule has 0 aliphatic carbocycles. The third-order valence-electron chi connectivity index (χ3n) is 5.62. The number of fused-ring (bicyclic) bond motifs is 2. The van der Waals surface area contributed by atoms with Crippen molar-refractivity contribution in [2.24, 2.45) is 0 Å². The van der Waals surface area contributed by atoms with Crippen LogP contribution in [0.4, 0.5) is 0 Å². The molecule has 1 amide bonds. The Kier molecular flexibility index (Phi) is 6.29. The smallest absolute Gasteiger partial charge is 0.326 e. The van der Waals surface area contributed by atoms with Crippen LogP contribution in [0.25, 0.3) is 11.0 Å². The summed E-state index contributed by atoms with van der Waals surface area (Å²) in [4.78, 5) is 29.7. The van der Waals surface area contributed by atoms with Crippen molar-refractivity contribution < 1.29 is 23.8 Å². The Morgan fingerprint density at radius 2 is 1.89 bits per heavy atom. The average Bonchev–Trinajstić information content (AvgIpc) is 3.47. The van der Waals surface area contributed by atoms with E-state index >= 15 is 0 Å². The first-order valence-corrected chi connectivity index (χ1v) is 11.4. The summed E-state index contributed by atoms with van der Waals surface area (Å²) in [5.41, 5.74) is 3.03. The van der Waals surface area contributed by atoms with Crippen molar-refractivity contribution in [1.82, 2.24) is 14.9 Å². The Morgan fingerprint density at radius 1 is 1.09 bits per heavy atom. The van der Waals surface area contributed by atoms with Crippen LogP contribution in [0, 0.1) is 0 Å². The molecule has 178 valence electrons. The van der Waals surface area contributed by atoms with Crippen LogP contribution in [0.2, 0.25) is 5.02 Å². The number of imidazole rings is 1. The minimum absolute atomic E-state index is 0.117. The lowest BCUT2D eigenvalue weighted by Crippen LogP contribution is -2.31. The van der Waals surface area contributed by atoms with E-state index in [4.69, 9.17) is 25.8 Å². The van der Waals surface area contributed by atoms with E-state index in [9.17, 15) is 9.59 Å². The zero-order chi connectivity index (χ0) is 24.4. The molecule has 1 N–H and O–H groups in total. The molecule has 8 nitrogen and oxygen atoms in total. The van der Waals surface area contributed by atoms with Crippen molar-refractivity contribution in [3.05, 3.63) is 88.7 Å². The van der Waals surface area contributed by atoms with Gasteiger partial charge in [-0.25, -0.2) is 4.98 Å². The van der Waals surface area contributed by atoms with Crippen LogP contribution in [0.15, 0.2) is 66.7 Å². The molecule has 5 rings (SSSR count). The minimum atomic E-state index is -0.653. The standard InChI is InChI=1S/C26H22ClN3O5/c1-16(35-24(31)13-28-26(32)18-7-10-22-23(11-18)34-15-33-22)25-29-20-12-19(27)8-9-21(20)30(25)14-17-5-3-2-4-6-17/h2-12,16H,13-15H2,1H3,(H,28,32)/t16-/m1/s1. The van der Waals surface area contributed by atoms with Gasteiger partial charge in [0.15, 0.2) is 23.4 Å². The fourth-order valence-corrected chi connectivity index (χ4v) is 4.11. The summed E-state index contributed by atoms with van der Waals surface area (Å²) in [7, 11) is 0. The Hall–Kier alpha value is -4.04. The molecule has 0 saturated heterocycles. The van der Waals surface area contributed by atoms with Gasteiger partial charge in [0, 0.05) is 17.1 Å². The van der Waals surface area contributed by atoms with Crippen molar-refractivity contribution in [2.75, 3.05) is 13.3 Å². The third kappa shape index (κ3) is 4.93. The maximum atomic E-state index is 12.5. The maximum absolute atomic E-state index is 12.5. The van der Waals surface area contributed by atoms with Gasteiger partial charge in [-0.2, -0.15) is 0 Å². The number of aromatic nitrogens is 2. The van der Waals surface area contributed by atoms with Gasteiger partial charge in [0.05, 0.1) is 11.0 Å². The highest BCUT2D eigenvalue weighted by molar-refractivity contribution is 6.31. The second kappa shape index (κ2) is 9.68. The van der Waals surface area contributed by atoms with Crippen LogP contribution >= 0.6 is 11.6 Å². The van der Waals surface area contributed by atoms with E-state index < -0.39 is 18.0 Å². The fraction of sp³-hybridized carbons (Fsp3) is 0.192. The topological polar surface area (TPSA) is 91.7 Å². The molecule has 1 aliphatic rings. The molecule has 1 atom stereocenters. The van der Waals surface area contributed by atoms with E-state index in [1.54, 1.807) is 37.3 Å². The molecule has 3 aromatic carbocycles. The third-order valence-corrected chi connectivity index (χ3v) is 5.86. The molecular weight excluding hydrogens is 470 g/mol. The van der Waals surface area contributed by atoms with E-state index in [1.165, 1.54) is 0 Å². The van der Waals surface area contributed by atoms with Crippen LogP contribution in [0.3, 0.4) is 0 Å². The Bertz CT molecular complexity index is 1400. The first-order chi connectivity index (χ1) is 17.0. The summed E-state index contributed by atoms with van der Waals surface area (Å²) >= 11 is 6.17. The number of amides is 1. The van der Waals surface area contributed by atoms with E-state index in [0.29, 0.717) is 40.0 Å². The number of hydrogen-bond acceptors (Lipinski definition) is 6. The van der Waals surface area contributed by atoms with Crippen LogP contribution < -0.4 is 14.8 Å². The molecule has 0 unspecified atom stereocenters. The van der Waals surface area contributed by atoms with E-state index in [0.717, 1.165) is 11.1 Å². The lowest BCUT2D eigenvalue weighted by Gasteiger charge is -2.16. The Balaban J connectivity index is 1.29. The van der Waals surface area contributed by atoms with Gasteiger partial charge in [-0.15, -0.1) is 0 Å². The predicted molar refractivity (Wildman–Crippen MR) is 130 cm³/mol. The van der Waals surface area contributed by atoms with E-state index in [2.05, 4.69) is 10.3 Å². The monoisotopic (exact) mass is 491 g/mol. The number of rotatable bonds is 7. The number of carbonyl (C=O) groups is 2. The summed E-state index contributed by atoms with van der Waals surface area (Å²) in [5, 5.41) is 3.15. The molecule has 0 saturated carbocycles. The zero-order valence-corrected chi connectivity index (χ0v) is 19.6. The summed E-state index contributed by atoms with van der Waals surface area (Å²) in [6.07, 6.45) is -0.653. The lowest BCUT2D eigenvalue weighted by atomic mass is 10.2. The van der Waals surface area contributed by atoms with Gasteiger partial charge in [0.25, 0.3) is 5.91 Å². The number of nitrogens with one attached hydrogen (secondary N) is 1. The van der Waals surface area contributed by atoms with E-state index in [-0.39, 0.29) is 13.3 Å². The Labute approximate surface area is 206 Å². The summed E-state index contributed by atoms with van der Waals surface area (Å²) < 4.78 is 18.2. The number of benzene rings is 3. The molecule has 0 bridgehead atoms. The number of ether oxygens (including phenoxy) is 3. The fourth-order valence-electron chi connectivity index (χ4n) is 3.95. The zero-order valence-electron chi connectivity index (χ0n) is 18.9. The maximum Gasteiger partial charge on any atom is 0.326 e. The van der Waals surface area contributed by atoms with Crippen molar-refractivity contribution in [3.8, 4) is 11.5 Å². The molecule has 2 heterocycles. The summed E-state index contributed by atoms with van der Waals surface area (Å²) in [6, 6.07) is 20.3. The molecule has 4 aromatic rings. The van der Waals surface area contributed by atoms with Crippen LogP contribution in [-0.2, 0) is 16.1 Å². The number of nitrogens with zero attached hydrogens (tertiary/aromatic N) is 2. The first kappa shape index (κ1) is 22.7. The number of halogens is 1. The van der Waals surface area contributed by atoms with Crippen LogP contribution in [0.1, 0.15) is 34.8 Å². The normalized spacial score (nSPS) is 13.0. The SMILES string of the molecule is C[C@@H](OC(=O)CNC(=O)c1ccc2c(c1)OCO2)c1nc2cc(Cl)ccc2n1Cc1ccccc1. The highest BCUT2D eigenvalue weighted by atomic mass is 35.5. The first-order valence-electron chi connectivity index (χ1n) is 11.0. The molecule has 0 radical (unpaired) electrons. The van der Waals surface area contributed by atoms with Crippen molar-refractivity contribution in [1.29, 1.82) is 0 Å². The van der Waals surface area contributed by atoms with Crippen LogP contribution in [0.5, 0.6) is 11.5 Å². The van der Waals surface area contributed by atoms with Gasteiger partial charge in [-0.1, -0.05) is 41.9 Å². The van der Waals surface area contributed by atoms with Crippen LogP contribution in [-0.4, -0.2) is 34.8 Å². The van der Waals surface area contributed by atoms with Gasteiger partial charge in [0.2, 0.25) is 6.79 Å². The van der Waals surface area contributed by atoms with Gasteiger partial charge < -0.3 is 24.1 Å². The number of carbonyl (C=O) groups excluding carboxylic acids is 2. The Morgan fingerprint density at radius 3 is 2.71 bits per heavy atom. The summed E-state index contributed by atoms with van der Waals surface area (Å²) in [6.45, 7) is 2.13. The molecular formula is C26H22ClN3O5.